The van der Waals surface area contributed by atoms with Crippen LogP contribution in [-0.2, 0) is 11.8 Å². The number of H-pyrrole nitrogens is 1. The van der Waals surface area contributed by atoms with E-state index in [1.165, 1.54) is 6.08 Å². The Morgan fingerprint density at radius 3 is 2.75 bits per heavy atom. The van der Waals surface area contributed by atoms with Gasteiger partial charge in [0, 0.05) is 24.4 Å². The Balaban J connectivity index is 2.02. The molecular weight excluding hydrogens is 258 g/mol. The van der Waals surface area contributed by atoms with Gasteiger partial charge in [0.25, 0.3) is 0 Å². The Labute approximate surface area is 116 Å². The van der Waals surface area contributed by atoms with E-state index < -0.39 is 0 Å². The number of nitrogens with one attached hydrogen (secondary N) is 2. The van der Waals surface area contributed by atoms with E-state index in [1.807, 2.05) is 20.9 Å². The third kappa shape index (κ3) is 2.90. The molecule has 0 aliphatic heterocycles. The molecule has 20 heavy (non-hydrogen) atoms. The molecule has 0 saturated carbocycles. The topological polar surface area (TPSA) is 101 Å². The number of carbonyl (C=O) groups excluding carboxylic acids is 1. The minimum Gasteiger partial charge on any atom is -0.343 e. The summed E-state index contributed by atoms with van der Waals surface area (Å²) in [7, 11) is 1.87. The second-order valence-corrected chi connectivity index (χ2v) is 4.54. The fraction of sp³-hybridized carbons (Fsp3) is 0.417. The predicted molar refractivity (Wildman–Crippen MR) is 72.5 cm³/mol. The molecule has 0 aromatic carbocycles. The molecule has 2 aromatic heterocycles. The van der Waals surface area contributed by atoms with E-state index in [2.05, 4.69) is 31.0 Å². The van der Waals surface area contributed by atoms with E-state index in [-0.39, 0.29) is 11.9 Å². The lowest BCUT2D eigenvalue weighted by Gasteiger charge is -2.06. The van der Waals surface area contributed by atoms with E-state index in [1.54, 1.807) is 17.7 Å². The van der Waals surface area contributed by atoms with Gasteiger partial charge in [-0.3, -0.25) is 9.48 Å². The van der Waals surface area contributed by atoms with Crippen molar-refractivity contribution in [1.29, 1.82) is 0 Å². The van der Waals surface area contributed by atoms with Crippen molar-refractivity contribution in [1.82, 2.24) is 35.7 Å². The van der Waals surface area contributed by atoms with Crippen molar-refractivity contribution in [2.45, 2.75) is 26.8 Å². The molecule has 2 heterocycles. The van der Waals surface area contributed by atoms with Crippen LogP contribution in [0.3, 0.4) is 0 Å². The first kappa shape index (κ1) is 13.9. The second-order valence-electron chi connectivity index (χ2n) is 4.54. The van der Waals surface area contributed by atoms with Gasteiger partial charge in [0.1, 0.15) is 0 Å². The highest BCUT2D eigenvalue weighted by Gasteiger charge is 2.12. The lowest BCUT2D eigenvalue weighted by molar-refractivity contribution is -0.117. The van der Waals surface area contributed by atoms with Crippen molar-refractivity contribution in [2.24, 2.45) is 7.05 Å². The van der Waals surface area contributed by atoms with Gasteiger partial charge in [0.2, 0.25) is 5.91 Å². The maximum absolute atomic E-state index is 11.8. The first-order chi connectivity index (χ1) is 9.49. The summed E-state index contributed by atoms with van der Waals surface area (Å²) in [4.78, 5) is 11.8. The second kappa shape index (κ2) is 5.64. The Morgan fingerprint density at radius 2 is 2.20 bits per heavy atom. The number of amides is 1. The Kier molecular flexibility index (Phi) is 3.92. The molecule has 0 fully saturated rings. The number of nitrogens with zero attached hydrogens (tertiary/aromatic N) is 5. The summed E-state index contributed by atoms with van der Waals surface area (Å²) in [5.41, 5.74) is 2.85. The average molecular weight is 275 g/mol. The van der Waals surface area contributed by atoms with Crippen molar-refractivity contribution >= 4 is 12.0 Å². The third-order valence-electron chi connectivity index (χ3n) is 3.07. The lowest BCUT2D eigenvalue weighted by Crippen LogP contribution is -2.25. The molecule has 1 atom stereocenters. The number of hydrogen-bond donors (Lipinski definition) is 2. The molecule has 8 heteroatoms. The van der Waals surface area contributed by atoms with Crippen molar-refractivity contribution in [3.8, 4) is 0 Å². The molecule has 0 bridgehead atoms. The highest BCUT2D eigenvalue weighted by atomic mass is 16.1. The molecule has 2 aromatic rings. The summed E-state index contributed by atoms with van der Waals surface area (Å²) in [6.07, 6.45) is 3.24. The van der Waals surface area contributed by atoms with Crippen LogP contribution in [0, 0.1) is 13.8 Å². The number of rotatable bonds is 4. The molecule has 0 saturated heterocycles. The van der Waals surface area contributed by atoms with Crippen LogP contribution in [0.2, 0.25) is 0 Å². The fourth-order valence-corrected chi connectivity index (χ4v) is 1.87. The largest absolute Gasteiger partial charge is 0.343 e. The van der Waals surface area contributed by atoms with Crippen LogP contribution in [-0.4, -0.2) is 36.3 Å². The molecule has 8 nitrogen and oxygen atoms in total. The van der Waals surface area contributed by atoms with Crippen molar-refractivity contribution in [2.75, 3.05) is 0 Å². The zero-order valence-corrected chi connectivity index (χ0v) is 11.9. The highest BCUT2D eigenvalue weighted by molar-refractivity contribution is 5.92. The van der Waals surface area contributed by atoms with Crippen molar-refractivity contribution in [3.63, 3.8) is 0 Å². The van der Waals surface area contributed by atoms with E-state index in [4.69, 9.17) is 0 Å². The summed E-state index contributed by atoms with van der Waals surface area (Å²) in [5, 5.41) is 20.5. The predicted octanol–water partition coefficient (Wildman–Crippen LogP) is 0.441. The normalized spacial score (nSPS) is 12.8. The lowest BCUT2D eigenvalue weighted by atomic mass is 10.2. The van der Waals surface area contributed by atoms with E-state index in [9.17, 15) is 4.79 Å². The maximum Gasteiger partial charge on any atom is 0.244 e. The van der Waals surface area contributed by atoms with Gasteiger partial charge in [-0.2, -0.15) is 10.3 Å². The minimum atomic E-state index is -0.304. The van der Waals surface area contributed by atoms with E-state index in [0.717, 1.165) is 17.0 Å². The minimum absolute atomic E-state index is 0.218. The van der Waals surface area contributed by atoms with Gasteiger partial charge < -0.3 is 5.32 Å². The fourth-order valence-electron chi connectivity index (χ4n) is 1.87. The molecule has 0 spiro atoms. The molecule has 2 N–H and O–H groups in total. The van der Waals surface area contributed by atoms with Gasteiger partial charge in [-0.25, -0.2) is 0 Å². The first-order valence-electron chi connectivity index (χ1n) is 6.21. The van der Waals surface area contributed by atoms with Crippen LogP contribution in [0.1, 0.15) is 35.7 Å². The summed E-state index contributed by atoms with van der Waals surface area (Å²) in [5.74, 6) is 0.227. The number of tetrazole rings is 1. The summed E-state index contributed by atoms with van der Waals surface area (Å²) in [6.45, 7) is 5.66. The zero-order valence-electron chi connectivity index (χ0n) is 11.9. The van der Waals surface area contributed by atoms with Gasteiger partial charge in [-0.1, -0.05) is 5.21 Å². The molecule has 106 valence electrons. The Hall–Kier alpha value is -2.51. The summed E-state index contributed by atoms with van der Waals surface area (Å²) in [6, 6.07) is -0.304. The smallest absolute Gasteiger partial charge is 0.244 e. The van der Waals surface area contributed by atoms with Gasteiger partial charge in [-0.15, -0.1) is 10.2 Å². The van der Waals surface area contributed by atoms with Crippen molar-refractivity contribution in [3.05, 3.63) is 28.9 Å². The van der Waals surface area contributed by atoms with Crippen LogP contribution >= 0.6 is 0 Å². The maximum atomic E-state index is 11.8. The molecule has 0 aliphatic rings. The standard InChI is InChI=1S/C12H17N7O/c1-7-10(9(3)19(4)16-7)5-6-11(20)13-8(2)12-14-17-18-15-12/h5-6,8H,1-4H3,(H,13,20)(H,14,15,17,18). The van der Waals surface area contributed by atoms with Crippen LogP contribution in [0.25, 0.3) is 6.08 Å². The zero-order chi connectivity index (χ0) is 14.7. The molecule has 0 radical (unpaired) electrons. The molecular formula is C12H17N7O. The van der Waals surface area contributed by atoms with Gasteiger partial charge >= 0.3 is 0 Å². The van der Waals surface area contributed by atoms with Crippen LogP contribution in [0.15, 0.2) is 6.08 Å². The number of aromatic nitrogens is 6. The quantitative estimate of drug-likeness (QED) is 0.788. The Bertz CT molecular complexity index is 627. The number of aryl methyl sites for hydroxylation is 2. The molecule has 0 aliphatic carbocycles. The number of carbonyl (C=O) groups is 1. The molecule has 1 amide bonds. The third-order valence-corrected chi connectivity index (χ3v) is 3.07. The highest BCUT2D eigenvalue weighted by Crippen LogP contribution is 2.13. The van der Waals surface area contributed by atoms with Gasteiger partial charge in [0.15, 0.2) is 5.82 Å². The van der Waals surface area contributed by atoms with E-state index >= 15 is 0 Å². The summed E-state index contributed by atoms with van der Waals surface area (Å²) >= 11 is 0. The van der Waals surface area contributed by atoms with Crippen LogP contribution in [0.5, 0.6) is 0 Å². The monoisotopic (exact) mass is 275 g/mol. The van der Waals surface area contributed by atoms with Crippen LogP contribution in [0.4, 0.5) is 0 Å². The average Bonchev–Trinajstić information content (AvgIpc) is 2.98. The van der Waals surface area contributed by atoms with Crippen LogP contribution < -0.4 is 5.32 Å². The Morgan fingerprint density at radius 1 is 1.45 bits per heavy atom. The van der Waals surface area contributed by atoms with Gasteiger partial charge in [0.05, 0.1) is 11.7 Å². The molecule has 2 rings (SSSR count). The summed E-state index contributed by atoms with van der Waals surface area (Å²) < 4.78 is 1.79. The van der Waals surface area contributed by atoms with Crippen molar-refractivity contribution < 1.29 is 4.79 Å². The first-order valence-corrected chi connectivity index (χ1v) is 6.21. The molecule has 1 unspecified atom stereocenters. The number of aromatic amines is 1. The van der Waals surface area contributed by atoms with Gasteiger partial charge in [-0.05, 0) is 26.8 Å². The number of hydrogen-bond acceptors (Lipinski definition) is 5. The SMILES string of the molecule is Cc1nn(C)c(C)c1C=CC(=O)NC(C)c1nn[nH]n1. The van der Waals surface area contributed by atoms with E-state index in [0.29, 0.717) is 5.82 Å².